The summed E-state index contributed by atoms with van der Waals surface area (Å²) in [5.74, 6) is 2.41. The number of rotatable bonds is 26. The first kappa shape index (κ1) is 38.3. The molecule has 1 aromatic heterocycles. The van der Waals surface area contributed by atoms with Gasteiger partial charge < -0.3 is 23.5 Å². The Labute approximate surface area is 285 Å². The summed E-state index contributed by atoms with van der Waals surface area (Å²) in [5, 5.41) is 0.546. The van der Waals surface area contributed by atoms with Crippen LogP contribution in [0.4, 0.5) is 0 Å². The summed E-state index contributed by atoms with van der Waals surface area (Å²) < 4.78 is 26.1. The van der Waals surface area contributed by atoms with Crippen molar-refractivity contribution in [1.29, 1.82) is 0 Å². The summed E-state index contributed by atoms with van der Waals surface area (Å²) in [6.45, 7) is 12.8. The largest absolute Gasteiger partial charge is 0.494 e. The predicted molar refractivity (Wildman–Crippen MR) is 198 cm³/mol. The summed E-state index contributed by atoms with van der Waals surface area (Å²) in [4.78, 5) is 14.1. The quantitative estimate of drug-likeness (QED) is 0.0810. The first-order valence-corrected chi connectivity index (χ1v) is 19.0. The van der Waals surface area contributed by atoms with Crippen molar-refractivity contribution in [2.75, 3.05) is 26.4 Å². The van der Waals surface area contributed by atoms with Crippen LogP contribution in [0.3, 0.4) is 0 Å². The Morgan fingerprint density at radius 2 is 1.02 bits per heavy atom. The number of fused-ring (bicyclic) bond motifs is 1. The van der Waals surface area contributed by atoms with E-state index in [-0.39, 0.29) is 5.43 Å². The van der Waals surface area contributed by atoms with Crippen molar-refractivity contribution >= 4 is 10.9 Å². The smallest absolute Gasteiger partial charge is 0.235 e. The fourth-order valence-corrected chi connectivity index (χ4v) is 6.49. The molecule has 0 saturated carbocycles. The lowest BCUT2D eigenvalue weighted by atomic mass is 10.0. The zero-order valence-electron chi connectivity index (χ0n) is 30.3. The lowest BCUT2D eigenvalue weighted by Gasteiger charge is -2.23. The minimum Gasteiger partial charge on any atom is -0.494 e. The highest BCUT2D eigenvalue weighted by Crippen LogP contribution is 2.38. The van der Waals surface area contributed by atoms with Crippen LogP contribution >= 0.6 is 0 Å². The molecule has 0 amide bonds. The van der Waals surface area contributed by atoms with Crippen molar-refractivity contribution in [2.24, 2.45) is 0 Å². The van der Waals surface area contributed by atoms with Crippen LogP contribution in [-0.2, 0) is 6.54 Å². The van der Waals surface area contributed by atoms with Crippen molar-refractivity contribution < 1.29 is 18.9 Å². The molecule has 6 heteroatoms. The first-order chi connectivity index (χ1) is 23.1. The van der Waals surface area contributed by atoms with Crippen LogP contribution < -0.4 is 24.4 Å². The molecule has 0 aliphatic carbocycles. The molecule has 3 rings (SSSR count). The summed E-state index contributed by atoms with van der Waals surface area (Å²) >= 11 is 0. The van der Waals surface area contributed by atoms with Gasteiger partial charge in [0.05, 0.1) is 43.0 Å². The maximum Gasteiger partial charge on any atom is 0.235 e. The van der Waals surface area contributed by atoms with E-state index in [1.54, 1.807) is 0 Å². The number of ether oxygens (including phenoxy) is 4. The van der Waals surface area contributed by atoms with Gasteiger partial charge in [-0.15, -0.1) is 0 Å². The monoisotopic (exact) mass is 649 g/mol. The normalized spacial score (nSPS) is 11.3. The third-order valence-electron chi connectivity index (χ3n) is 8.84. The van der Waals surface area contributed by atoms with Crippen LogP contribution in [0.15, 0.2) is 41.2 Å². The molecule has 0 spiro atoms. The number of benzene rings is 2. The molecule has 0 atom stereocenters. The third-order valence-corrected chi connectivity index (χ3v) is 8.84. The number of hydrogen-bond acceptors (Lipinski definition) is 5. The minimum absolute atomic E-state index is 0.152. The third kappa shape index (κ3) is 12.1. The van der Waals surface area contributed by atoms with E-state index in [9.17, 15) is 4.79 Å². The van der Waals surface area contributed by atoms with Crippen molar-refractivity contribution in [3.05, 3.63) is 46.6 Å². The molecule has 0 bridgehead atoms. The van der Waals surface area contributed by atoms with Gasteiger partial charge in [-0.05, 0) is 58.4 Å². The van der Waals surface area contributed by atoms with Gasteiger partial charge in [0.15, 0.2) is 5.75 Å². The number of hydrogen-bond donors (Lipinski definition) is 0. The molecule has 2 aromatic carbocycles. The molecule has 0 radical (unpaired) electrons. The zero-order chi connectivity index (χ0) is 33.7. The van der Waals surface area contributed by atoms with E-state index in [1.807, 2.05) is 64.1 Å². The van der Waals surface area contributed by atoms with E-state index in [0.717, 1.165) is 41.9 Å². The topological polar surface area (TPSA) is 58.9 Å². The van der Waals surface area contributed by atoms with Gasteiger partial charge in [-0.1, -0.05) is 103 Å². The Morgan fingerprint density at radius 1 is 0.532 bits per heavy atom. The lowest BCUT2D eigenvalue weighted by Crippen LogP contribution is -2.18. The summed E-state index contributed by atoms with van der Waals surface area (Å²) in [5.41, 5.74) is 2.38. The fraction of sp³-hybridized carbons (Fsp3) is 0.634. The van der Waals surface area contributed by atoms with Gasteiger partial charge in [0.25, 0.3) is 0 Å². The molecule has 0 aliphatic heterocycles. The number of nitrogens with zero attached hydrogens (tertiary/aromatic N) is 1. The molecular formula is C41H63NO5. The van der Waals surface area contributed by atoms with Crippen LogP contribution in [0.5, 0.6) is 23.0 Å². The molecule has 262 valence electrons. The van der Waals surface area contributed by atoms with Crippen LogP contribution in [-0.4, -0.2) is 31.0 Å². The van der Waals surface area contributed by atoms with E-state index in [0.29, 0.717) is 49.1 Å². The Kier molecular flexibility index (Phi) is 18.3. The fourth-order valence-electron chi connectivity index (χ4n) is 6.49. The Morgan fingerprint density at radius 3 is 1.53 bits per heavy atom. The van der Waals surface area contributed by atoms with Crippen LogP contribution in [0.25, 0.3) is 22.2 Å². The van der Waals surface area contributed by atoms with E-state index in [2.05, 4.69) is 11.5 Å². The highest BCUT2D eigenvalue weighted by Gasteiger charge is 2.23. The molecule has 47 heavy (non-hydrogen) atoms. The molecule has 0 unspecified atom stereocenters. The van der Waals surface area contributed by atoms with E-state index in [1.165, 1.54) is 89.9 Å². The lowest BCUT2D eigenvalue weighted by molar-refractivity contribution is 0.324. The second kappa shape index (κ2) is 22.4. The van der Waals surface area contributed by atoms with Gasteiger partial charge in [0, 0.05) is 24.2 Å². The molecular weight excluding hydrogens is 586 g/mol. The Hall–Kier alpha value is -3.15. The SMILES string of the molecule is CCCCCCCCCCCCCCCCCCn1c(-c2ccc(OCC)cc2)c(OCC)c(=O)c2c(OCC)cc(OCC)cc21. The summed E-state index contributed by atoms with van der Waals surface area (Å²) in [6, 6.07) is 11.8. The standard InChI is InChI=1S/C41H63NO5/c1-6-11-12-13-14-15-16-17-18-19-20-21-22-23-24-25-30-42-36-31-35(45-8-3)32-37(46-9-4)38(36)40(43)41(47-10-5)39(42)33-26-28-34(29-27-33)44-7-2/h26-29,31-32H,6-25,30H2,1-5H3. The second-order valence-electron chi connectivity index (χ2n) is 12.5. The predicted octanol–water partition coefficient (Wildman–Crippen LogP) is 11.5. The molecule has 0 aliphatic rings. The van der Waals surface area contributed by atoms with Crippen LogP contribution in [0, 0.1) is 0 Å². The number of pyridine rings is 1. The molecule has 0 N–H and O–H groups in total. The van der Waals surface area contributed by atoms with Gasteiger partial charge >= 0.3 is 0 Å². The Balaban J connectivity index is 1.72. The highest BCUT2D eigenvalue weighted by atomic mass is 16.5. The van der Waals surface area contributed by atoms with Gasteiger partial charge in [-0.2, -0.15) is 0 Å². The number of aryl methyl sites for hydroxylation is 1. The van der Waals surface area contributed by atoms with Gasteiger partial charge in [0.2, 0.25) is 5.43 Å². The van der Waals surface area contributed by atoms with Gasteiger partial charge in [0.1, 0.15) is 17.2 Å². The molecule has 0 saturated heterocycles. The average molecular weight is 650 g/mol. The molecule has 0 fully saturated rings. The van der Waals surface area contributed by atoms with Crippen LogP contribution in [0.1, 0.15) is 137 Å². The zero-order valence-corrected chi connectivity index (χ0v) is 30.3. The summed E-state index contributed by atoms with van der Waals surface area (Å²) in [7, 11) is 0. The van der Waals surface area contributed by atoms with Gasteiger partial charge in [-0.3, -0.25) is 4.79 Å². The van der Waals surface area contributed by atoms with Gasteiger partial charge in [-0.25, -0.2) is 0 Å². The second-order valence-corrected chi connectivity index (χ2v) is 12.5. The highest BCUT2D eigenvalue weighted by molar-refractivity contribution is 5.92. The van der Waals surface area contributed by atoms with Crippen molar-refractivity contribution in [1.82, 2.24) is 4.57 Å². The minimum atomic E-state index is -0.152. The van der Waals surface area contributed by atoms with E-state index >= 15 is 0 Å². The maximum absolute atomic E-state index is 14.1. The average Bonchev–Trinajstić information content (AvgIpc) is 3.07. The maximum atomic E-state index is 14.1. The molecule has 6 nitrogen and oxygen atoms in total. The van der Waals surface area contributed by atoms with E-state index in [4.69, 9.17) is 18.9 Å². The molecule has 3 aromatic rings. The number of unbranched alkanes of at least 4 members (excludes halogenated alkanes) is 15. The van der Waals surface area contributed by atoms with Crippen molar-refractivity contribution in [2.45, 2.75) is 144 Å². The van der Waals surface area contributed by atoms with Crippen LogP contribution in [0.2, 0.25) is 0 Å². The summed E-state index contributed by atoms with van der Waals surface area (Å²) in [6.07, 6.45) is 21.3. The van der Waals surface area contributed by atoms with Crippen molar-refractivity contribution in [3.8, 4) is 34.3 Å². The first-order valence-electron chi connectivity index (χ1n) is 19.0. The Bertz CT molecular complexity index is 1350. The van der Waals surface area contributed by atoms with Crippen molar-refractivity contribution in [3.63, 3.8) is 0 Å². The van der Waals surface area contributed by atoms with E-state index < -0.39 is 0 Å². The molecule has 1 heterocycles. The number of aromatic nitrogens is 1.